The molecule has 1 saturated heterocycles. The zero-order valence-electron chi connectivity index (χ0n) is 16.4. The predicted molar refractivity (Wildman–Crippen MR) is 102 cm³/mol. The second-order valence-electron chi connectivity index (χ2n) is 6.89. The molecule has 1 fully saturated rings. The highest BCUT2D eigenvalue weighted by atomic mass is 16.2. The van der Waals surface area contributed by atoms with Gasteiger partial charge in [-0.05, 0) is 31.6 Å². The Bertz CT molecular complexity index is 381. The van der Waals surface area contributed by atoms with Gasteiger partial charge in [0.15, 0.2) is 5.96 Å². The molecule has 5 heteroatoms. The van der Waals surface area contributed by atoms with E-state index in [2.05, 4.69) is 48.2 Å². The van der Waals surface area contributed by atoms with E-state index in [0.717, 1.165) is 51.3 Å². The summed E-state index contributed by atoms with van der Waals surface area (Å²) in [5.74, 6) is 2.13. The largest absolute Gasteiger partial charge is 0.356 e. The molecule has 0 spiro atoms. The van der Waals surface area contributed by atoms with Crippen molar-refractivity contribution in [1.82, 2.24) is 15.5 Å². The predicted octanol–water partition coefficient (Wildman–Crippen LogP) is 3.01. The normalized spacial score (nSPS) is 16.8. The Balaban J connectivity index is 2.40. The van der Waals surface area contributed by atoms with Crippen LogP contribution in [0.15, 0.2) is 4.99 Å². The van der Waals surface area contributed by atoms with Crippen LogP contribution in [0.5, 0.6) is 0 Å². The molecule has 24 heavy (non-hydrogen) atoms. The van der Waals surface area contributed by atoms with Crippen LogP contribution in [-0.4, -0.2) is 49.5 Å². The summed E-state index contributed by atoms with van der Waals surface area (Å²) in [7, 11) is 1.83. The van der Waals surface area contributed by atoms with Crippen LogP contribution in [0.4, 0.5) is 0 Å². The highest BCUT2D eigenvalue weighted by Crippen LogP contribution is 2.17. The molecule has 0 aromatic carbocycles. The van der Waals surface area contributed by atoms with Crippen molar-refractivity contribution in [2.24, 2.45) is 16.8 Å². The van der Waals surface area contributed by atoms with Crippen molar-refractivity contribution in [2.45, 2.75) is 72.3 Å². The van der Waals surface area contributed by atoms with Crippen molar-refractivity contribution in [3.63, 3.8) is 0 Å². The summed E-state index contributed by atoms with van der Waals surface area (Å²) in [4.78, 5) is 18.9. The number of guanidine groups is 1. The Morgan fingerprint density at radius 1 is 1.08 bits per heavy atom. The van der Waals surface area contributed by atoms with Crippen LogP contribution < -0.4 is 10.6 Å². The molecule has 2 N–H and O–H groups in total. The zero-order chi connectivity index (χ0) is 17.9. The average molecular weight is 339 g/mol. The van der Waals surface area contributed by atoms with Gasteiger partial charge in [0.05, 0.1) is 0 Å². The molecule has 0 aromatic heterocycles. The number of piperidine rings is 1. The van der Waals surface area contributed by atoms with Crippen molar-refractivity contribution < 1.29 is 4.79 Å². The van der Waals surface area contributed by atoms with E-state index >= 15 is 0 Å². The number of likely N-dealkylation sites (tertiary alicyclic amines) is 1. The number of amides is 1. The third kappa shape index (κ3) is 6.33. The van der Waals surface area contributed by atoms with Gasteiger partial charge in [-0.15, -0.1) is 0 Å². The van der Waals surface area contributed by atoms with Crippen LogP contribution in [0.3, 0.4) is 0 Å². The minimum atomic E-state index is 0.198. The van der Waals surface area contributed by atoms with Gasteiger partial charge >= 0.3 is 0 Å². The first kappa shape index (κ1) is 20.8. The van der Waals surface area contributed by atoms with Crippen LogP contribution >= 0.6 is 0 Å². The molecule has 0 aromatic rings. The first-order chi connectivity index (χ1) is 11.6. The lowest BCUT2D eigenvalue weighted by Gasteiger charge is -2.35. The number of carbonyl (C=O) groups excluding carboxylic acids is 1. The molecular weight excluding hydrogens is 300 g/mol. The second kappa shape index (κ2) is 11.3. The minimum absolute atomic E-state index is 0.198. The van der Waals surface area contributed by atoms with Gasteiger partial charge in [-0.3, -0.25) is 9.79 Å². The molecule has 0 bridgehead atoms. The maximum Gasteiger partial charge on any atom is 0.225 e. The molecular formula is C19H38N4O. The minimum Gasteiger partial charge on any atom is -0.356 e. The fourth-order valence-corrected chi connectivity index (χ4v) is 3.35. The topological polar surface area (TPSA) is 56.7 Å². The summed E-state index contributed by atoms with van der Waals surface area (Å²) in [6.07, 6.45) is 6.27. The molecule has 5 nitrogen and oxygen atoms in total. The molecule has 0 unspecified atom stereocenters. The lowest BCUT2D eigenvalue weighted by molar-refractivity contribution is -0.136. The van der Waals surface area contributed by atoms with Crippen molar-refractivity contribution in [1.29, 1.82) is 0 Å². The summed E-state index contributed by atoms with van der Waals surface area (Å²) in [5, 5.41) is 6.97. The SMILES string of the molecule is CCC(CC)CNC(=NC)NC1CCN(C(=O)C(CC)CC)CC1. The number of carbonyl (C=O) groups is 1. The van der Waals surface area contributed by atoms with Crippen molar-refractivity contribution in [3.05, 3.63) is 0 Å². The monoisotopic (exact) mass is 338 g/mol. The molecule has 140 valence electrons. The number of nitrogens with zero attached hydrogens (tertiary/aromatic N) is 2. The highest BCUT2D eigenvalue weighted by Gasteiger charge is 2.26. The second-order valence-corrected chi connectivity index (χ2v) is 6.89. The van der Waals surface area contributed by atoms with Gasteiger partial charge in [0.2, 0.25) is 5.91 Å². The van der Waals surface area contributed by atoms with Gasteiger partial charge in [-0.1, -0.05) is 40.5 Å². The average Bonchev–Trinajstić information content (AvgIpc) is 2.62. The van der Waals surface area contributed by atoms with Crippen molar-refractivity contribution >= 4 is 11.9 Å². The van der Waals surface area contributed by atoms with Crippen molar-refractivity contribution in [2.75, 3.05) is 26.7 Å². The van der Waals surface area contributed by atoms with Crippen LogP contribution in [0.2, 0.25) is 0 Å². The van der Waals surface area contributed by atoms with Crippen LogP contribution in [0.25, 0.3) is 0 Å². The molecule has 1 aliphatic rings. The number of hydrogen-bond donors (Lipinski definition) is 2. The third-order valence-electron chi connectivity index (χ3n) is 5.42. The van der Waals surface area contributed by atoms with E-state index in [-0.39, 0.29) is 5.92 Å². The Morgan fingerprint density at radius 2 is 1.67 bits per heavy atom. The zero-order valence-corrected chi connectivity index (χ0v) is 16.4. The van der Waals surface area contributed by atoms with E-state index in [1.165, 1.54) is 12.8 Å². The summed E-state index contributed by atoms with van der Waals surface area (Å²) in [6, 6.07) is 0.406. The van der Waals surface area contributed by atoms with Crippen LogP contribution in [-0.2, 0) is 4.79 Å². The van der Waals surface area contributed by atoms with Gasteiger partial charge < -0.3 is 15.5 Å². The van der Waals surface area contributed by atoms with E-state index in [1.54, 1.807) is 0 Å². The molecule has 1 amide bonds. The molecule has 0 saturated carbocycles. The van der Waals surface area contributed by atoms with Crippen molar-refractivity contribution in [3.8, 4) is 0 Å². The maximum absolute atomic E-state index is 12.5. The Kier molecular flexibility index (Phi) is 9.80. The number of rotatable bonds is 8. The number of hydrogen-bond acceptors (Lipinski definition) is 2. The summed E-state index contributed by atoms with van der Waals surface area (Å²) >= 11 is 0. The smallest absolute Gasteiger partial charge is 0.225 e. The maximum atomic E-state index is 12.5. The summed E-state index contributed by atoms with van der Waals surface area (Å²) < 4.78 is 0. The molecule has 0 aliphatic carbocycles. The quantitative estimate of drug-likeness (QED) is 0.528. The van der Waals surface area contributed by atoms with Gasteiger partial charge in [-0.2, -0.15) is 0 Å². The fraction of sp³-hybridized carbons (Fsp3) is 0.895. The highest BCUT2D eigenvalue weighted by molar-refractivity contribution is 5.80. The van der Waals surface area contributed by atoms with E-state index in [1.807, 2.05) is 7.05 Å². The molecule has 1 rings (SSSR count). The lowest BCUT2D eigenvalue weighted by atomic mass is 9.98. The van der Waals surface area contributed by atoms with E-state index in [4.69, 9.17) is 0 Å². The van der Waals surface area contributed by atoms with E-state index < -0.39 is 0 Å². The molecule has 0 radical (unpaired) electrons. The summed E-state index contributed by atoms with van der Waals surface area (Å²) in [5.41, 5.74) is 0. The molecule has 1 heterocycles. The standard InChI is InChI=1S/C19H38N4O/c1-6-15(7-2)14-21-19(20-5)22-17-10-12-23(13-11-17)18(24)16(8-3)9-4/h15-17H,6-14H2,1-5H3,(H2,20,21,22). The molecule has 0 atom stereocenters. The van der Waals surface area contributed by atoms with Gasteiger partial charge in [0.25, 0.3) is 0 Å². The third-order valence-corrected chi connectivity index (χ3v) is 5.42. The van der Waals surface area contributed by atoms with E-state index in [9.17, 15) is 4.79 Å². The Hall–Kier alpha value is -1.26. The van der Waals surface area contributed by atoms with Crippen LogP contribution in [0, 0.1) is 11.8 Å². The fourth-order valence-electron chi connectivity index (χ4n) is 3.35. The van der Waals surface area contributed by atoms with Crippen LogP contribution in [0.1, 0.15) is 66.2 Å². The number of nitrogens with one attached hydrogen (secondary N) is 2. The van der Waals surface area contributed by atoms with Gasteiger partial charge in [0, 0.05) is 38.6 Å². The van der Waals surface area contributed by atoms with Gasteiger partial charge in [0.1, 0.15) is 0 Å². The Labute approximate surface area is 148 Å². The lowest BCUT2D eigenvalue weighted by Crippen LogP contribution is -2.51. The Morgan fingerprint density at radius 3 is 2.12 bits per heavy atom. The number of aliphatic imine (C=N–C) groups is 1. The molecule has 1 aliphatic heterocycles. The van der Waals surface area contributed by atoms with Gasteiger partial charge in [-0.25, -0.2) is 0 Å². The summed E-state index contributed by atoms with van der Waals surface area (Å²) in [6.45, 7) is 11.4. The first-order valence-electron chi connectivity index (χ1n) is 9.85. The van der Waals surface area contributed by atoms with E-state index in [0.29, 0.717) is 17.9 Å². The first-order valence-corrected chi connectivity index (χ1v) is 9.85.